The Morgan fingerprint density at radius 2 is 1.95 bits per heavy atom. The standard InChI is InChI=1S/C14H25NO5S/c1-2-20-9-10-21(18,19)15-12-6-4-3-5-11(12)7-8-13(15)14(16)17/h11-13H,2-10H2,1H3,(H,16,17). The van der Waals surface area contributed by atoms with E-state index < -0.39 is 22.0 Å². The topological polar surface area (TPSA) is 83.9 Å². The second-order valence-electron chi connectivity index (χ2n) is 5.89. The van der Waals surface area contributed by atoms with E-state index in [1.165, 1.54) is 4.31 Å². The van der Waals surface area contributed by atoms with Crippen LogP contribution in [-0.4, -0.2) is 54.8 Å². The Hall–Kier alpha value is -0.660. The van der Waals surface area contributed by atoms with Gasteiger partial charge in [-0.15, -0.1) is 0 Å². The van der Waals surface area contributed by atoms with E-state index in [2.05, 4.69) is 0 Å². The molecule has 6 nitrogen and oxygen atoms in total. The lowest BCUT2D eigenvalue weighted by Gasteiger charge is -2.46. The summed E-state index contributed by atoms with van der Waals surface area (Å²) in [6, 6.07) is -1.05. The Bertz CT molecular complexity index is 464. The van der Waals surface area contributed by atoms with Gasteiger partial charge in [0.2, 0.25) is 10.0 Å². The van der Waals surface area contributed by atoms with Crippen molar-refractivity contribution in [2.75, 3.05) is 19.0 Å². The van der Waals surface area contributed by atoms with Crippen molar-refractivity contribution in [3.63, 3.8) is 0 Å². The molecule has 1 N–H and O–H groups in total. The summed E-state index contributed by atoms with van der Waals surface area (Å²) in [7, 11) is -3.59. The molecule has 2 rings (SSSR count). The third-order valence-corrected chi connectivity index (χ3v) is 6.46. The molecule has 1 saturated carbocycles. The van der Waals surface area contributed by atoms with Gasteiger partial charge >= 0.3 is 5.97 Å². The minimum Gasteiger partial charge on any atom is -0.480 e. The van der Waals surface area contributed by atoms with Crippen molar-refractivity contribution in [1.82, 2.24) is 4.31 Å². The summed E-state index contributed by atoms with van der Waals surface area (Å²) in [5.41, 5.74) is 0. The van der Waals surface area contributed by atoms with Gasteiger partial charge in [-0.2, -0.15) is 4.31 Å². The Morgan fingerprint density at radius 1 is 1.24 bits per heavy atom. The van der Waals surface area contributed by atoms with Crippen molar-refractivity contribution in [3.8, 4) is 0 Å². The molecule has 1 aliphatic carbocycles. The number of carbonyl (C=O) groups is 1. The van der Waals surface area contributed by atoms with Crippen LogP contribution in [0.15, 0.2) is 0 Å². The number of aliphatic carboxylic acids is 1. The summed E-state index contributed by atoms with van der Waals surface area (Å²) < 4.78 is 31.7. The Labute approximate surface area is 126 Å². The smallest absolute Gasteiger partial charge is 0.322 e. The molecule has 7 heteroatoms. The van der Waals surface area contributed by atoms with Gasteiger partial charge in [0.1, 0.15) is 6.04 Å². The zero-order valence-corrected chi connectivity index (χ0v) is 13.3. The van der Waals surface area contributed by atoms with Gasteiger partial charge in [0, 0.05) is 12.6 Å². The highest BCUT2D eigenvalue weighted by molar-refractivity contribution is 7.89. The number of ether oxygens (including phenoxy) is 1. The molecule has 1 aliphatic heterocycles. The molecule has 3 atom stereocenters. The molecule has 122 valence electrons. The van der Waals surface area contributed by atoms with E-state index in [9.17, 15) is 18.3 Å². The number of piperidine rings is 1. The number of carboxylic acid groups (broad SMARTS) is 1. The lowest BCUT2D eigenvalue weighted by molar-refractivity contribution is -0.144. The number of hydrogen-bond acceptors (Lipinski definition) is 4. The number of sulfonamides is 1. The largest absolute Gasteiger partial charge is 0.480 e. The third kappa shape index (κ3) is 3.76. The van der Waals surface area contributed by atoms with E-state index in [0.29, 0.717) is 18.9 Å². The fourth-order valence-electron chi connectivity index (χ4n) is 3.64. The molecule has 0 spiro atoms. The maximum atomic E-state index is 12.6. The normalized spacial score (nSPS) is 30.8. The average Bonchev–Trinajstić information content (AvgIpc) is 2.46. The first-order valence-corrected chi connectivity index (χ1v) is 9.40. The summed E-state index contributed by atoms with van der Waals surface area (Å²) >= 11 is 0. The quantitative estimate of drug-likeness (QED) is 0.749. The van der Waals surface area contributed by atoms with Crippen LogP contribution >= 0.6 is 0 Å². The molecule has 2 aliphatic rings. The zero-order valence-electron chi connectivity index (χ0n) is 12.5. The van der Waals surface area contributed by atoms with Gasteiger partial charge in [-0.3, -0.25) is 4.79 Å². The van der Waals surface area contributed by atoms with E-state index in [1.807, 2.05) is 6.92 Å². The molecule has 0 aromatic rings. The van der Waals surface area contributed by atoms with Gasteiger partial charge in [0.25, 0.3) is 0 Å². The molecular weight excluding hydrogens is 294 g/mol. The predicted molar refractivity (Wildman–Crippen MR) is 78.5 cm³/mol. The minimum absolute atomic E-state index is 0.124. The van der Waals surface area contributed by atoms with Crippen molar-refractivity contribution in [2.45, 2.75) is 57.5 Å². The van der Waals surface area contributed by atoms with Crippen LogP contribution in [-0.2, 0) is 19.6 Å². The summed E-state index contributed by atoms with van der Waals surface area (Å²) in [5, 5.41) is 9.40. The van der Waals surface area contributed by atoms with E-state index in [4.69, 9.17) is 4.74 Å². The van der Waals surface area contributed by atoms with Crippen molar-refractivity contribution in [3.05, 3.63) is 0 Å². The van der Waals surface area contributed by atoms with Gasteiger partial charge in [-0.1, -0.05) is 12.8 Å². The highest BCUT2D eigenvalue weighted by Gasteiger charge is 2.46. The van der Waals surface area contributed by atoms with E-state index in [1.54, 1.807) is 0 Å². The molecule has 0 aromatic heterocycles. The Morgan fingerprint density at radius 3 is 2.62 bits per heavy atom. The zero-order chi connectivity index (χ0) is 15.5. The molecule has 1 heterocycles. The fourth-order valence-corrected chi connectivity index (χ4v) is 5.45. The first-order chi connectivity index (χ1) is 9.97. The van der Waals surface area contributed by atoms with E-state index >= 15 is 0 Å². The van der Waals surface area contributed by atoms with Crippen molar-refractivity contribution in [2.24, 2.45) is 5.92 Å². The van der Waals surface area contributed by atoms with Crippen LogP contribution in [0.5, 0.6) is 0 Å². The van der Waals surface area contributed by atoms with Gasteiger partial charge < -0.3 is 9.84 Å². The molecule has 21 heavy (non-hydrogen) atoms. The van der Waals surface area contributed by atoms with E-state index in [0.717, 1.165) is 32.1 Å². The van der Waals surface area contributed by atoms with Gasteiger partial charge in [0.05, 0.1) is 12.4 Å². The summed E-state index contributed by atoms with van der Waals surface area (Å²) in [5.74, 6) is -0.844. The van der Waals surface area contributed by atoms with Crippen molar-refractivity contribution < 1.29 is 23.1 Å². The summed E-state index contributed by atoms with van der Waals surface area (Å²) in [6.07, 6.45) is 5.12. The first kappa shape index (κ1) is 16.7. The number of carboxylic acids is 1. The molecule has 2 fully saturated rings. The molecule has 0 amide bonds. The Balaban J connectivity index is 2.21. The van der Waals surface area contributed by atoms with Crippen LogP contribution in [0.1, 0.15) is 45.4 Å². The second kappa shape index (κ2) is 7.07. The van der Waals surface area contributed by atoms with Crippen LogP contribution in [0.2, 0.25) is 0 Å². The molecular formula is C14H25NO5S. The maximum Gasteiger partial charge on any atom is 0.322 e. The SMILES string of the molecule is CCOCCS(=O)(=O)N1C(C(=O)O)CCC2CCCCC21. The first-order valence-electron chi connectivity index (χ1n) is 7.79. The monoisotopic (exact) mass is 319 g/mol. The van der Waals surface area contributed by atoms with Crippen molar-refractivity contribution >= 4 is 16.0 Å². The van der Waals surface area contributed by atoms with Gasteiger partial charge in [-0.05, 0) is 38.5 Å². The average molecular weight is 319 g/mol. The van der Waals surface area contributed by atoms with Crippen LogP contribution in [0, 0.1) is 5.92 Å². The highest BCUT2D eigenvalue weighted by Crippen LogP contribution is 2.39. The van der Waals surface area contributed by atoms with Crippen LogP contribution in [0.3, 0.4) is 0 Å². The van der Waals surface area contributed by atoms with Gasteiger partial charge in [0.15, 0.2) is 0 Å². The predicted octanol–water partition coefficient (Wildman–Crippen LogP) is 1.46. The number of nitrogens with zero attached hydrogens (tertiary/aromatic N) is 1. The lowest BCUT2D eigenvalue weighted by Crippen LogP contribution is -2.58. The number of rotatable bonds is 6. The number of fused-ring (bicyclic) bond motifs is 1. The molecule has 1 saturated heterocycles. The van der Waals surface area contributed by atoms with Crippen LogP contribution in [0.25, 0.3) is 0 Å². The number of hydrogen-bond donors (Lipinski definition) is 1. The minimum atomic E-state index is -3.59. The van der Waals surface area contributed by atoms with Gasteiger partial charge in [-0.25, -0.2) is 8.42 Å². The van der Waals surface area contributed by atoms with Crippen molar-refractivity contribution in [1.29, 1.82) is 0 Å². The van der Waals surface area contributed by atoms with E-state index in [-0.39, 0.29) is 18.4 Å². The fraction of sp³-hybridized carbons (Fsp3) is 0.929. The maximum absolute atomic E-state index is 12.6. The Kier molecular flexibility index (Phi) is 5.62. The summed E-state index contributed by atoms with van der Waals surface area (Å²) in [4.78, 5) is 11.5. The molecule has 0 radical (unpaired) electrons. The highest BCUT2D eigenvalue weighted by atomic mass is 32.2. The lowest BCUT2D eigenvalue weighted by atomic mass is 9.78. The molecule has 3 unspecified atom stereocenters. The second-order valence-corrected chi connectivity index (χ2v) is 7.88. The molecule has 0 bridgehead atoms. The third-order valence-electron chi connectivity index (χ3n) is 4.61. The van der Waals surface area contributed by atoms with Crippen LogP contribution in [0.4, 0.5) is 0 Å². The molecule has 0 aromatic carbocycles. The van der Waals surface area contributed by atoms with Crippen LogP contribution < -0.4 is 0 Å². The summed E-state index contributed by atoms with van der Waals surface area (Å²) in [6.45, 7) is 2.40.